The summed E-state index contributed by atoms with van der Waals surface area (Å²) in [6.07, 6.45) is 5.07. The average Bonchev–Trinajstić information content (AvgIpc) is 2.42. The fraction of sp³-hybridized carbons (Fsp3) is 0.571. The summed E-state index contributed by atoms with van der Waals surface area (Å²) in [6.45, 7) is 0. The van der Waals surface area contributed by atoms with Gasteiger partial charge in [-0.25, -0.2) is 0 Å². The van der Waals surface area contributed by atoms with E-state index in [2.05, 4.69) is 5.10 Å². The molecule has 0 unspecified atom stereocenters. The molecule has 2 atom stereocenters. The molecule has 2 N–H and O–H groups in total. The number of nitrogens with zero attached hydrogens (tertiary/aromatic N) is 2. The lowest BCUT2D eigenvalue weighted by molar-refractivity contribution is 0.766. The molecule has 3 heteroatoms. The van der Waals surface area contributed by atoms with Gasteiger partial charge in [0.2, 0.25) is 0 Å². The standard InChI is InChI=1S/C7H11N3/c1-10-4-5(3-9-10)6-2-7(6)8/h3-4,6-7H,2,8H2,1H3/t6-,7-/m0/s1. The van der Waals surface area contributed by atoms with E-state index in [0.717, 1.165) is 6.42 Å². The fourth-order valence-electron chi connectivity index (χ4n) is 1.23. The third-order valence-corrected chi connectivity index (χ3v) is 1.99. The van der Waals surface area contributed by atoms with E-state index in [4.69, 9.17) is 5.73 Å². The molecule has 0 bridgehead atoms. The molecule has 0 saturated heterocycles. The van der Waals surface area contributed by atoms with Crippen molar-refractivity contribution < 1.29 is 0 Å². The molecule has 3 nitrogen and oxygen atoms in total. The Morgan fingerprint density at radius 3 is 2.90 bits per heavy atom. The maximum absolute atomic E-state index is 5.67. The summed E-state index contributed by atoms with van der Waals surface area (Å²) in [7, 11) is 1.93. The minimum absolute atomic E-state index is 0.393. The Hall–Kier alpha value is -0.830. The quantitative estimate of drug-likeness (QED) is 0.602. The van der Waals surface area contributed by atoms with Gasteiger partial charge >= 0.3 is 0 Å². The first-order valence-electron chi connectivity index (χ1n) is 3.51. The highest BCUT2D eigenvalue weighted by Gasteiger charge is 2.35. The van der Waals surface area contributed by atoms with Gasteiger partial charge in [0.1, 0.15) is 0 Å². The predicted molar refractivity (Wildman–Crippen MR) is 38.5 cm³/mol. The largest absolute Gasteiger partial charge is 0.327 e. The van der Waals surface area contributed by atoms with Crippen molar-refractivity contribution in [2.24, 2.45) is 12.8 Å². The van der Waals surface area contributed by atoms with Gasteiger partial charge in [-0.3, -0.25) is 4.68 Å². The van der Waals surface area contributed by atoms with Crippen LogP contribution in [0.25, 0.3) is 0 Å². The summed E-state index contributed by atoms with van der Waals surface area (Å²) >= 11 is 0. The lowest BCUT2D eigenvalue weighted by Gasteiger charge is -1.86. The third kappa shape index (κ3) is 0.827. The first-order valence-corrected chi connectivity index (χ1v) is 3.51. The Labute approximate surface area is 59.8 Å². The zero-order valence-corrected chi connectivity index (χ0v) is 5.99. The zero-order valence-electron chi connectivity index (χ0n) is 5.99. The summed E-state index contributed by atoms with van der Waals surface area (Å²) in [4.78, 5) is 0. The van der Waals surface area contributed by atoms with Crippen molar-refractivity contribution >= 4 is 0 Å². The maximum Gasteiger partial charge on any atom is 0.0525 e. The van der Waals surface area contributed by atoms with Crippen LogP contribution in [0, 0.1) is 0 Å². The molecule has 54 valence electrons. The zero-order chi connectivity index (χ0) is 7.14. The lowest BCUT2D eigenvalue weighted by atomic mass is 10.2. The van der Waals surface area contributed by atoms with Crippen molar-refractivity contribution in [3.8, 4) is 0 Å². The Morgan fingerprint density at radius 2 is 2.50 bits per heavy atom. The van der Waals surface area contributed by atoms with Crippen LogP contribution in [-0.4, -0.2) is 15.8 Å². The summed E-state index contributed by atoms with van der Waals surface area (Å²) in [5, 5.41) is 4.07. The van der Waals surface area contributed by atoms with Gasteiger partial charge in [0, 0.05) is 25.2 Å². The molecule has 1 aromatic heterocycles. The highest BCUT2D eigenvalue weighted by molar-refractivity contribution is 5.22. The summed E-state index contributed by atoms with van der Waals surface area (Å²) in [6, 6.07) is 0.393. The molecule has 1 aliphatic rings. The molecule has 1 fully saturated rings. The first kappa shape index (κ1) is 5.92. The third-order valence-electron chi connectivity index (χ3n) is 1.99. The topological polar surface area (TPSA) is 43.8 Å². The van der Waals surface area contributed by atoms with E-state index >= 15 is 0 Å². The molecule has 0 amide bonds. The second-order valence-corrected chi connectivity index (χ2v) is 2.95. The Bertz CT molecular complexity index is 241. The van der Waals surface area contributed by atoms with Crippen LogP contribution in [0.1, 0.15) is 17.9 Å². The number of aryl methyl sites for hydroxylation is 1. The number of hydrogen-bond donors (Lipinski definition) is 1. The maximum atomic E-state index is 5.67. The van der Waals surface area contributed by atoms with E-state index in [1.165, 1.54) is 5.56 Å². The molecule has 1 aliphatic carbocycles. The average molecular weight is 137 g/mol. The van der Waals surface area contributed by atoms with Crippen molar-refractivity contribution in [3.63, 3.8) is 0 Å². The molecule has 1 aromatic rings. The van der Waals surface area contributed by atoms with Crippen LogP contribution in [0.4, 0.5) is 0 Å². The van der Waals surface area contributed by atoms with Crippen molar-refractivity contribution in [2.45, 2.75) is 18.4 Å². The van der Waals surface area contributed by atoms with Crippen molar-refractivity contribution in [1.82, 2.24) is 9.78 Å². The van der Waals surface area contributed by atoms with Crippen LogP contribution in [0.2, 0.25) is 0 Å². The van der Waals surface area contributed by atoms with Gasteiger partial charge in [-0.05, 0) is 12.0 Å². The SMILES string of the molecule is Cn1cc([C@@H]2C[C@@H]2N)cn1. The van der Waals surface area contributed by atoms with Gasteiger partial charge in [0.05, 0.1) is 6.20 Å². The highest BCUT2D eigenvalue weighted by Crippen LogP contribution is 2.38. The van der Waals surface area contributed by atoms with E-state index in [-0.39, 0.29) is 0 Å². The smallest absolute Gasteiger partial charge is 0.0525 e. The van der Waals surface area contributed by atoms with Gasteiger partial charge < -0.3 is 5.73 Å². The molecule has 0 aliphatic heterocycles. The molecule has 10 heavy (non-hydrogen) atoms. The molecular formula is C7H11N3. The second-order valence-electron chi connectivity index (χ2n) is 2.95. The molecule has 2 rings (SSSR count). The Kier molecular flexibility index (Phi) is 1.08. The van der Waals surface area contributed by atoms with Gasteiger partial charge in [-0.1, -0.05) is 0 Å². The fourth-order valence-corrected chi connectivity index (χ4v) is 1.23. The van der Waals surface area contributed by atoms with Gasteiger partial charge in [0.25, 0.3) is 0 Å². The Balaban J connectivity index is 2.20. The van der Waals surface area contributed by atoms with E-state index in [0.29, 0.717) is 12.0 Å². The van der Waals surface area contributed by atoms with Crippen LogP contribution in [0.15, 0.2) is 12.4 Å². The number of nitrogens with two attached hydrogens (primary N) is 1. The van der Waals surface area contributed by atoms with Crippen LogP contribution < -0.4 is 5.73 Å². The monoisotopic (exact) mass is 137 g/mol. The van der Waals surface area contributed by atoms with Crippen LogP contribution in [0.5, 0.6) is 0 Å². The minimum atomic E-state index is 0.393. The molecule has 0 radical (unpaired) electrons. The second kappa shape index (κ2) is 1.83. The van der Waals surface area contributed by atoms with Gasteiger partial charge in [-0.2, -0.15) is 5.10 Å². The molecule has 0 spiro atoms. The van der Waals surface area contributed by atoms with Crippen molar-refractivity contribution in [2.75, 3.05) is 0 Å². The highest BCUT2D eigenvalue weighted by atomic mass is 15.2. The van der Waals surface area contributed by atoms with Crippen LogP contribution in [-0.2, 0) is 7.05 Å². The van der Waals surface area contributed by atoms with Gasteiger partial charge in [-0.15, -0.1) is 0 Å². The van der Waals surface area contributed by atoms with Gasteiger partial charge in [0.15, 0.2) is 0 Å². The molecular weight excluding hydrogens is 126 g/mol. The molecule has 1 heterocycles. The van der Waals surface area contributed by atoms with E-state index in [1.807, 2.05) is 24.1 Å². The van der Waals surface area contributed by atoms with Crippen molar-refractivity contribution in [3.05, 3.63) is 18.0 Å². The van der Waals surface area contributed by atoms with Crippen LogP contribution in [0.3, 0.4) is 0 Å². The van der Waals surface area contributed by atoms with E-state index in [9.17, 15) is 0 Å². The summed E-state index contributed by atoms with van der Waals surface area (Å²) in [5.41, 5.74) is 6.96. The summed E-state index contributed by atoms with van der Waals surface area (Å²) in [5.74, 6) is 0.591. The van der Waals surface area contributed by atoms with E-state index in [1.54, 1.807) is 0 Å². The predicted octanol–water partition coefficient (Wildman–Crippen LogP) is 0.235. The van der Waals surface area contributed by atoms with Crippen LogP contribution >= 0.6 is 0 Å². The lowest BCUT2D eigenvalue weighted by Crippen LogP contribution is -2.00. The number of rotatable bonds is 1. The number of aromatic nitrogens is 2. The number of hydrogen-bond acceptors (Lipinski definition) is 2. The van der Waals surface area contributed by atoms with E-state index < -0.39 is 0 Å². The normalized spacial score (nSPS) is 30.6. The summed E-state index contributed by atoms with van der Waals surface area (Å²) < 4.78 is 1.82. The molecule has 1 saturated carbocycles. The van der Waals surface area contributed by atoms with Crippen molar-refractivity contribution in [1.29, 1.82) is 0 Å². The first-order chi connectivity index (χ1) is 4.77. The Morgan fingerprint density at radius 1 is 1.80 bits per heavy atom. The molecule has 0 aromatic carbocycles. The minimum Gasteiger partial charge on any atom is -0.327 e.